The Bertz CT molecular complexity index is 357. The molecule has 2 N–H and O–H groups in total. The maximum atomic E-state index is 6.18. The van der Waals surface area contributed by atoms with E-state index in [1.165, 1.54) is 0 Å². The first-order valence-electron chi connectivity index (χ1n) is 6.29. The Morgan fingerprint density at radius 3 is 2.50 bits per heavy atom. The second-order valence-electron chi connectivity index (χ2n) is 4.41. The summed E-state index contributed by atoms with van der Waals surface area (Å²) in [5, 5.41) is 0.684. The van der Waals surface area contributed by atoms with Crippen LogP contribution < -0.4 is 5.73 Å². The molecule has 0 fully saturated rings. The lowest BCUT2D eigenvalue weighted by molar-refractivity contribution is -0.0549. The van der Waals surface area contributed by atoms with Crippen molar-refractivity contribution >= 4 is 11.6 Å². The highest BCUT2D eigenvalue weighted by molar-refractivity contribution is 6.31. The third-order valence-corrected chi connectivity index (χ3v) is 2.97. The summed E-state index contributed by atoms with van der Waals surface area (Å²) in [5.74, 6) is 0. The molecule has 4 heteroatoms. The van der Waals surface area contributed by atoms with Crippen LogP contribution in [-0.4, -0.2) is 25.4 Å². The molecule has 3 nitrogen and oxygen atoms in total. The SMILES string of the molecule is CCOCC(C)OC(c1ccccc1Cl)C(C)N. The number of rotatable bonds is 7. The predicted molar refractivity (Wildman–Crippen MR) is 74.9 cm³/mol. The van der Waals surface area contributed by atoms with Crippen molar-refractivity contribution in [2.24, 2.45) is 5.73 Å². The highest BCUT2D eigenvalue weighted by Crippen LogP contribution is 2.28. The zero-order valence-electron chi connectivity index (χ0n) is 11.2. The minimum atomic E-state index is -0.214. The molecule has 3 atom stereocenters. The van der Waals surface area contributed by atoms with Crippen LogP contribution in [0.15, 0.2) is 24.3 Å². The molecule has 0 saturated carbocycles. The normalized spacial score (nSPS) is 16.3. The quantitative estimate of drug-likeness (QED) is 0.828. The van der Waals surface area contributed by atoms with Gasteiger partial charge in [0.2, 0.25) is 0 Å². The summed E-state index contributed by atoms with van der Waals surface area (Å²) in [5.41, 5.74) is 6.92. The molecule has 0 aliphatic carbocycles. The molecule has 3 unspecified atom stereocenters. The predicted octanol–water partition coefficient (Wildman–Crippen LogP) is 3.17. The van der Waals surface area contributed by atoms with Gasteiger partial charge in [-0.3, -0.25) is 0 Å². The van der Waals surface area contributed by atoms with Gasteiger partial charge in [0.05, 0.1) is 18.8 Å². The summed E-state index contributed by atoms with van der Waals surface area (Å²) in [6, 6.07) is 7.50. The van der Waals surface area contributed by atoms with Gasteiger partial charge in [-0.15, -0.1) is 0 Å². The summed E-state index contributed by atoms with van der Waals surface area (Å²) in [7, 11) is 0. The van der Waals surface area contributed by atoms with Crippen LogP contribution in [0.25, 0.3) is 0 Å². The summed E-state index contributed by atoms with van der Waals surface area (Å²) < 4.78 is 11.3. The minimum absolute atomic E-state index is 0.0165. The fraction of sp³-hybridized carbons (Fsp3) is 0.571. The van der Waals surface area contributed by atoms with Gasteiger partial charge in [0.25, 0.3) is 0 Å². The van der Waals surface area contributed by atoms with Gasteiger partial charge >= 0.3 is 0 Å². The van der Waals surface area contributed by atoms with E-state index in [0.29, 0.717) is 18.2 Å². The van der Waals surface area contributed by atoms with Crippen LogP contribution in [0.1, 0.15) is 32.4 Å². The van der Waals surface area contributed by atoms with Crippen molar-refractivity contribution in [1.82, 2.24) is 0 Å². The van der Waals surface area contributed by atoms with Crippen LogP contribution in [0.4, 0.5) is 0 Å². The van der Waals surface area contributed by atoms with Crippen molar-refractivity contribution in [1.29, 1.82) is 0 Å². The lowest BCUT2D eigenvalue weighted by atomic mass is 10.0. The van der Waals surface area contributed by atoms with E-state index in [0.717, 1.165) is 5.56 Å². The first kappa shape index (κ1) is 15.4. The van der Waals surface area contributed by atoms with E-state index in [2.05, 4.69) is 0 Å². The molecule has 0 bridgehead atoms. The van der Waals surface area contributed by atoms with Crippen LogP contribution in [0.2, 0.25) is 5.02 Å². The maximum absolute atomic E-state index is 6.18. The van der Waals surface area contributed by atoms with Gasteiger partial charge < -0.3 is 15.2 Å². The summed E-state index contributed by atoms with van der Waals surface area (Å²) in [6.07, 6.45) is -0.230. The molecule has 0 saturated heterocycles. The molecule has 1 rings (SSSR count). The molecule has 102 valence electrons. The van der Waals surface area contributed by atoms with E-state index in [9.17, 15) is 0 Å². The molecular weight excluding hydrogens is 250 g/mol. The average Bonchev–Trinajstić information content (AvgIpc) is 2.34. The summed E-state index contributed by atoms with van der Waals surface area (Å²) >= 11 is 6.18. The highest BCUT2D eigenvalue weighted by Gasteiger charge is 2.21. The number of hydrogen-bond donors (Lipinski definition) is 1. The summed E-state index contributed by atoms with van der Waals surface area (Å²) in [6.45, 7) is 7.10. The van der Waals surface area contributed by atoms with Gasteiger partial charge in [0, 0.05) is 23.2 Å². The van der Waals surface area contributed by atoms with Gasteiger partial charge in [0.1, 0.15) is 0 Å². The fourth-order valence-corrected chi connectivity index (χ4v) is 2.00. The molecule has 0 aliphatic heterocycles. The molecule has 0 heterocycles. The van der Waals surface area contributed by atoms with Crippen molar-refractivity contribution in [3.63, 3.8) is 0 Å². The topological polar surface area (TPSA) is 44.5 Å². The van der Waals surface area contributed by atoms with Crippen LogP contribution in [-0.2, 0) is 9.47 Å². The molecule has 1 aromatic rings. The Morgan fingerprint density at radius 1 is 1.28 bits per heavy atom. The summed E-state index contributed by atoms with van der Waals surface area (Å²) in [4.78, 5) is 0. The van der Waals surface area contributed by atoms with Crippen molar-refractivity contribution in [2.75, 3.05) is 13.2 Å². The maximum Gasteiger partial charge on any atom is 0.0992 e. The fourth-order valence-electron chi connectivity index (χ4n) is 1.76. The van der Waals surface area contributed by atoms with Gasteiger partial charge in [-0.2, -0.15) is 0 Å². The first-order chi connectivity index (χ1) is 8.56. The molecule has 1 aromatic carbocycles. The van der Waals surface area contributed by atoms with Crippen LogP contribution >= 0.6 is 11.6 Å². The highest BCUT2D eigenvalue weighted by atomic mass is 35.5. The second kappa shape index (κ2) is 7.74. The van der Waals surface area contributed by atoms with Crippen molar-refractivity contribution in [3.8, 4) is 0 Å². The van der Waals surface area contributed by atoms with E-state index in [4.69, 9.17) is 26.8 Å². The lowest BCUT2D eigenvalue weighted by Crippen LogP contribution is -2.31. The number of halogens is 1. The van der Waals surface area contributed by atoms with E-state index in [1.54, 1.807) is 0 Å². The van der Waals surface area contributed by atoms with E-state index >= 15 is 0 Å². The molecular formula is C14H22ClNO2. The molecule has 0 spiro atoms. The van der Waals surface area contributed by atoms with Crippen molar-refractivity contribution in [3.05, 3.63) is 34.9 Å². The smallest absolute Gasteiger partial charge is 0.0992 e. The Balaban J connectivity index is 2.75. The largest absolute Gasteiger partial charge is 0.379 e. The van der Waals surface area contributed by atoms with Gasteiger partial charge in [-0.1, -0.05) is 29.8 Å². The average molecular weight is 272 g/mol. The lowest BCUT2D eigenvalue weighted by Gasteiger charge is -2.26. The van der Waals surface area contributed by atoms with Gasteiger partial charge in [-0.25, -0.2) is 0 Å². The zero-order valence-corrected chi connectivity index (χ0v) is 12.0. The molecule has 18 heavy (non-hydrogen) atoms. The molecule has 0 radical (unpaired) electrons. The third kappa shape index (κ3) is 4.58. The second-order valence-corrected chi connectivity index (χ2v) is 4.81. The zero-order chi connectivity index (χ0) is 13.5. The van der Waals surface area contributed by atoms with Crippen LogP contribution in [0.5, 0.6) is 0 Å². The Morgan fingerprint density at radius 2 is 1.94 bits per heavy atom. The molecule has 0 aromatic heterocycles. The number of benzene rings is 1. The van der Waals surface area contributed by atoms with E-state index < -0.39 is 0 Å². The molecule has 0 amide bonds. The van der Waals surface area contributed by atoms with E-state index in [1.807, 2.05) is 45.0 Å². The first-order valence-corrected chi connectivity index (χ1v) is 6.67. The van der Waals surface area contributed by atoms with E-state index in [-0.39, 0.29) is 18.2 Å². The number of hydrogen-bond acceptors (Lipinski definition) is 3. The Kier molecular flexibility index (Phi) is 6.65. The van der Waals surface area contributed by atoms with Crippen LogP contribution in [0, 0.1) is 0 Å². The number of ether oxygens (including phenoxy) is 2. The Hall–Kier alpha value is -0.610. The third-order valence-electron chi connectivity index (χ3n) is 2.62. The van der Waals surface area contributed by atoms with Gasteiger partial charge in [-0.05, 0) is 26.8 Å². The molecule has 0 aliphatic rings. The minimum Gasteiger partial charge on any atom is -0.379 e. The van der Waals surface area contributed by atoms with Gasteiger partial charge in [0.15, 0.2) is 0 Å². The van der Waals surface area contributed by atoms with Crippen molar-refractivity contribution in [2.45, 2.75) is 39.0 Å². The number of nitrogens with two attached hydrogens (primary N) is 1. The van der Waals surface area contributed by atoms with Crippen molar-refractivity contribution < 1.29 is 9.47 Å². The standard InChI is InChI=1S/C14H22ClNO2/c1-4-17-9-10(2)18-14(11(3)16)12-7-5-6-8-13(12)15/h5-8,10-11,14H,4,9,16H2,1-3H3. The Labute approximate surface area is 114 Å². The monoisotopic (exact) mass is 271 g/mol. The van der Waals surface area contributed by atoms with Crippen LogP contribution in [0.3, 0.4) is 0 Å².